The zero-order chi connectivity index (χ0) is 10.6. The van der Waals surface area contributed by atoms with Crippen LogP contribution in [-0.4, -0.2) is 19.7 Å². The molecule has 0 spiro atoms. The van der Waals surface area contributed by atoms with Gasteiger partial charge in [0.2, 0.25) is 11.2 Å². The minimum Gasteiger partial charge on any atom is -0.489 e. The van der Waals surface area contributed by atoms with E-state index in [9.17, 15) is 9.59 Å². The van der Waals surface area contributed by atoms with Gasteiger partial charge >= 0.3 is 5.97 Å². The maximum Gasteiger partial charge on any atom is 0.378 e. The molecule has 0 aliphatic rings. The average Bonchev–Trinajstić information content (AvgIpc) is 2.17. The topological polar surface area (TPSA) is 65.7 Å². The fourth-order valence-corrected chi connectivity index (χ4v) is 0.936. The Balaban J connectivity index is 3.14. The molecule has 0 aromatic carbocycles. The number of rotatable bonds is 3. The molecule has 76 valence electrons. The molecule has 0 fully saturated rings. The first-order valence-corrected chi connectivity index (χ1v) is 4.03. The first-order valence-electron chi connectivity index (χ1n) is 4.03. The number of hydrogen-bond acceptors (Lipinski definition) is 5. The van der Waals surface area contributed by atoms with Gasteiger partial charge in [-0.05, 0) is 6.92 Å². The van der Waals surface area contributed by atoms with Crippen LogP contribution in [0.2, 0.25) is 0 Å². The highest BCUT2D eigenvalue weighted by Crippen LogP contribution is 2.12. The minimum atomic E-state index is -0.706. The van der Waals surface area contributed by atoms with E-state index >= 15 is 0 Å². The summed E-state index contributed by atoms with van der Waals surface area (Å²) in [7, 11) is 1.29. The fraction of sp³-hybridized carbons (Fsp3) is 0.333. The van der Waals surface area contributed by atoms with Gasteiger partial charge in [0.15, 0.2) is 0 Å². The zero-order valence-electron chi connectivity index (χ0n) is 7.90. The number of carbonyl (C=O) groups excluding carboxylic acids is 1. The molecule has 14 heavy (non-hydrogen) atoms. The first kappa shape index (κ1) is 10.3. The lowest BCUT2D eigenvalue weighted by Crippen LogP contribution is -2.13. The minimum absolute atomic E-state index is 0.133. The van der Waals surface area contributed by atoms with E-state index in [4.69, 9.17) is 9.15 Å². The quantitative estimate of drug-likeness (QED) is 0.673. The summed E-state index contributed by atoms with van der Waals surface area (Å²) in [5.41, 5.74) is -0.415. The standard InChI is InChI=1S/C9H10O5/c1-3-13-9(11)8-7(12-2)6(10)4-5-14-8/h4-5H,3H2,1-2H3. The summed E-state index contributed by atoms with van der Waals surface area (Å²) in [4.78, 5) is 22.4. The second-order valence-electron chi connectivity index (χ2n) is 2.37. The molecule has 0 aliphatic heterocycles. The van der Waals surface area contributed by atoms with Crippen LogP contribution < -0.4 is 10.2 Å². The van der Waals surface area contributed by atoms with Crippen LogP contribution >= 0.6 is 0 Å². The summed E-state index contributed by atoms with van der Waals surface area (Å²) >= 11 is 0. The molecule has 0 radical (unpaired) electrons. The third kappa shape index (κ3) is 1.93. The summed E-state index contributed by atoms with van der Waals surface area (Å²) in [5, 5.41) is 0. The molecule has 0 saturated carbocycles. The van der Waals surface area contributed by atoms with E-state index in [1.54, 1.807) is 6.92 Å². The molecule has 0 aliphatic carbocycles. The molecule has 1 aromatic heterocycles. The Morgan fingerprint density at radius 2 is 2.29 bits per heavy atom. The van der Waals surface area contributed by atoms with Crippen LogP contribution in [-0.2, 0) is 4.74 Å². The van der Waals surface area contributed by atoms with Crippen molar-refractivity contribution < 1.29 is 18.7 Å². The molecule has 1 aromatic rings. The Morgan fingerprint density at radius 3 is 2.86 bits per heavy atom. The Kier molecular flexibility index (Phi) is 3.28. The number of methoxy groups -OCH3 is 1. The lowest BCUT2D eigenvalue weighted by Gasteiger charge is -2.04. The Bertz CT molecular complexity index is 379. The highest BCUT2D eigenvalue weighted by molar-refractivity contribution is 5.89. The van der Waals surface area contributed by atoms with Crippen molar-refractivity contribution in [2.24, 2.45) is 0 Å². The Hall–Kier alpha value is -1.78. The summed E-state index contributed by atoms with van der Waals surface area (Å²) in [6.07, 6.45) is 1.12. The Labute approximate surface area is 80.2 Å². The monoisotopic (exact) mass is 198 g/mol. The van der Waals surface area contributed by atoms with E-state index in [0.29, 0.717) is 0 Å². The van der Waals surface area contributed by atoms with Gasteiger partial charge in [0.05, 0.1) is 20.0 Å². The van der Waals surface area contributed by atoms with Gasteiger partial charge in [-0.25, -0.2) is 4.79 Å². The molecule has 0 amide bonds. The molecule has 1 rings (SSSR count). The number of esters is 1. The van der Waals surface area contributed by atoms with Crippen molar-refractivity contribution in [1.82, 2.24) is 0 Å². The Morgan fingerprint density at radius 1 is 1.57 bits per heavy atom. The van der Waals surface area contributed by atoms with E-state index in [-0.39, 0.29) is 18.1 Å². The van der Waals surface area contributed by atoms with Crippen LogP contribution in [0.5, 0.6) is 5.75 Å². The second kappa shape index (κ2) is 4.45. The molecule has 1 heterocycles. The van der Waals surface area contributed by atoms with Crippen LogP contribution in [0.3, 0.4) is 0 Å². The summed E-state index contributed by atoms with van der Waals surface area (Å²) in [6, 6.07) is 1.17. The van der Waals surface area contributed by atoms with Crippen molar-refractivity contribution in [3.63, 3.8) is 0 Å². The predicted octanol–water partition coefficient (Wildman–Crippen LogP) is 0.825. The highest BCUT2D eigenvalue weighted by Gasteiger charge is 2.18. The normalized spacial score (nSPS) is 9.57. The third-order valence-electron chi connectivity index (χ3n) is 1.50. The molecule has 0 unspecified atom stereocenters. The SMILES string of the molecule is CCOC(=O)c1occc(=O)c1OC. The van der Waals surface area contributed by atoms with E-state index < -0.39 is 11.4 Å². The van der Waals surface area contributed by atoms with Gasteiger partial charge in [-0.1, -0.05) is 0 Å². The average molecular weight is 198 g/mol. The second-order valence-corrected chi connectivity index (χ2v) is 2.37. The number of carbonyl (C=O) groups is 1. The maximum atomic E-state index is 11.2. The van der Waals surface area contributed by atoms with Gasteiger partial charge < -0.3 is 13.9 Å². The molecule has 0 atom stereocenters. The summed E-state index contributed by atoms with van der Waals surface area (Å²) in [5.74, 6) is -1.05. The number of hydrogen-bond donors (Lipinski definition) is 0. The van der Waals surface area contributed by atoms with Crippen molar-refractivity contribution in [2.75, 3.05) is 13.7 Å². The van der Waals surface area contributed by atoms with E-state index in [0.717, 1.165) is 6.26 Å². The van der Waals surface area contributed by atoms with Gasteiger partial charge in [0.1, 0.15) is 0 Å². The van der Waals surface area contributed by atoms with Gasteiger partial charge in [-0.15, -0.1) is 0 Å². The van der Waals surface area contributed by atoms with E-state index in [1.807, 2.05) is 0 Å². The fourth-order valence-electron chi connectivity index (χ4n) is 0.936. The molecule has 5 nitrogen and oxygen atoms in total. The van der Waals surface area contributed by atoms with Crippen LogP contribution in [0.1, 0.15) is 17.5 Å². The van der Waals surface area contributed by atoms with Crippen LogP contribution in [0, 0.1) is 0 Å². The van der Waals surface area contributed by atoms with Crippen LogP contribution in [0.15, 0.2) is 21.5 Å². The van der Waals surface area contributed by atoms with E-state index in [1.165, 1.54) is 13.2 Å². The van der Waals surface area contributed by atoms with Gasteiger partial charge in [0, 0.05) is 6.07 Å². The molecule has 0 saturated heterocycles. The van der Waals surface area contributed by atoms with E-state index in [2.05, 4.69) is 4.74 Å². The third-order valence-corrected chi connectivity index (χ3v) is 1.50. The summed E-state index contributed by atoms with van der Waals surface area (Å²) in [6.45, 7) is 1.87. The molecular weight excluding hydrogens is 188 g/mol. The molecule has 5 heteroatoms. The largest absolute Gasteiger partial charge is 0.489 e. The smallest absolute Gasteiger partial charge is 0.378 e. The van der Waals surface area contributed by atoms with Crippen molar-refractivity contribution in [1.29, 1.82) is 0 Å². The zero-order valence-corrected chi connectivity index (χ0v) is 7.90. The van der Waals surface area contributed by atoms with Crippen LogP contribution in [0.25, 0.3) is 0 Å². The lowest BCUT2D eigenvalue weighted by atomic mass is 10.3. The molecular formula is C9H10O5. The lowest BCUT2D eigenvalue weighted by molar-refractivity contribution is 0.0480. The molecule has 0 N–H and O–H groups in total. The van der Waals surface area contributed by atoms with Crippen molar-refractivity contribution in [3.8, 4) is 5.75 Å². The van der Waals surface area contributed by atoms with Crippen molar-refractivity contribution >= 4 is 5.97 Å². The van der Waals surface area contributed by atoms with Crippen LogP contribution in [0.4, 0.5) is 0 Å². The van der Waals surface area contributed by atoms with Gasteiger partial charge in [-0.2, -0.15) is 0 Å². The maximum absolute atomic E-state index is 11.2. The van der Waals surface area contributed by atoms with Crippen molar-refractivity contribution in [2.45, 2.75) is 6.92 Å². The number of ether oxygens (including phenoxy) is 2. The highest BCUT2D eigenvalue weighted by atomic mass is 16.5. The predicted molar refractivity (Wildman–Crippen MR) is 47.5 cm³/mol. The van der Waals surface area contributed by atoms with Gasteiger partial charge in [-0.3, -0.25) is 4.79 Å². The summed E-state index contributed by atoms with van der Waals surface area (Å²) < 4.78 is 14.3. The van der Waals surface area contributed by atoms with Gasteiger partial charge in [0.25, 0.3) is 5.76 Å². The van der Waals surface area contributed by atoms with Crippen molar-refractivity contribution in [3.05, 3.63) is 28.3 Å². The molecule has 0 bridgehead atoms. The first-order chi connectivity index (χ1) is 6.70.